The number of amides is 1. The summed E-state index contributed by atoms with van der Waals surface area (Å²) in [6, 6.07) is 0. The minimum atomic E-state index is -4.81. The summed E-state index contributed by atoms with van der Waals surface area (Å²) in [4.78, 5) is 11.5. The fraction of sp³-hybridized carbons (Fsp3) is 0.889. The van der Waals surface area contributed by atoms with Crippen LogP contribution in [0.2, 0.25) is 32.7 Å². The van der Waals surface area contributed by atoms with Gasteiger partial charge in [-0.25, -0.2) is 0 Å². The van der Waals surface area contributed by atoms with Crippen LogP contribution in [-0.2, 0) is 9.53 Å². The summed E-state index contributed by atoms with van der Waals surface area (Å²) in [5.41, 5.74) is 0. The lowest BCUT2D eigenvalue weighted by molar-refractivity contribution is -0.177. The van der Waals surface area contributed by atoms with Gasteiger partial charge >= 0.3 is 12.1 Å². The molecule has 1 amide bonds. The molecule has 17 heavy (non-hydrogen) atoms. The summed E-state index contributed by atoms with van der Waals surface area (Å²) >= 11 is 0. The third-order valence-corrected chi connectivity index (χ3v) is 10.0. The molecular weight excluding hydrogens is 267 g/mol. The molecule has 0 spiro atoms. The Bertz CT molecular complexity index is 287. The largest absolute Gasteiger partial charge is 0.469 e. The summed E-state index contributed by atoms with van der Waals surface area (Å²) in [6.07, 6.45) is -4.60. The van der Waals surface area contributed by atoms with E-state index in [9.17, 15) is 18.0 Å². The van der Waals surface area contributed by atoms with Crippen molar-refractivity contribution in [1.82, 2.24) is 4.23 Å². The molecule has 102 valence electrons. The number of carbonyl (C=O) groups excluding carboxylic acids is 1. The van der Waals surface area contributed by atoms with E-state index in [0.29, 0.717) is 0 Å². The van der Waals surface area contributed by atoms with Crippen molar-refractivity contribution in [2.75, 3.05) is 13.3 Å². The van der Waals surface area contributed by atoms with E-state index in [-0.39, 0.29) is 6.23 Å². The van der Waals surface area contributed by atoms with E-state index in [1.54, 1.807) is 32.7 Å². The summed E-state index contributed by atoms with van der Waals surface area (Å²) < 4.78 is 43.9. The van der Waals surface area contributed by atoms with Gasteiger partial charge in [0.2, 0.25) is 0 Å². The zero-order valence-electron chi connectivity index (χ0n) is 11.1. The zero-order chi connectivity index (χ0) is 14.1. The molecule has 0 bridgehead atoms. The van der Waals surface area contributed by atoms with Gasteiger partial charge in [0.05, 0.1) is 6.23 Å². The van der Waals surface area contributed by atoms with Crippen LogP contribution in [0.15, 0.2) is 0 Å². The number of nitrogens with zero attached hydrogens (tertiary/aromatic N) is 1. The normalized spacial score (nSPS) is 13.7. The molecule has 0 rings (SSSR count). The third kappa shape index (κ3) is 4.43. The summed E-state index contributed by atoms with van der Waals surface area (Å²) in [5.74, 6) is -1.72. The molecule has 0 aliphatic carbocycles. The predicted octanol–water partition coefficient (Wildman–Crippen LogP) is 2.60. The molecule has 8 heteroatoms. The van der Waals surface area contributed by atoms with Gasteiger partial charge in [0.15, 0.2) is 8.24 Å². The van der Waals surface area contributed by atoms with Crippen LogP contribution >= 0.6 is 0 Å². The van der Waals surface area contributed by atoms with Gasteiger partial charge in [-0.05, 0) is 0 Å². The van der Waals surface area contributed by atoms with E-state index in [4.69, 9.17) is 4.74 Å². The van der Waals surface area contributed by atoms with E-state index in [2.05, 4.69) is 0 Å². The first-order valence-electron chi connectivity index (χ1n) is 5.24. The van der Waals surface area contributed by atoms with Gasteiger partial charge in [-0.3, -0.25) is 4.79 Å². The first-order valence-corrected chi connectivity index (χ1v) is 11.8. The predicted molar refractivity (Wildman–Crippen MR) is 65.6 cm³/mol. The van der Waals surface area contributed by atoms with Crippen LogP contribution in [0.25, 0.3) is 0 Å². The fourth-order valence-electron chi connectivity index (χ4n) is 2.03. The second kappa shape index (κ2) is 5.11. The quantitative estimate of drug-likeness (QED) is 0.744. The van der Waals surface area contributed by atoms with Crippen LogP contribution in [0, 0.1) is 0 Å². The third-order valence-electron chi connectivity index (χ3n) is 2.22. The van der Waals surface area contributed by atoms with Crippen molar-refractivity contribution in [2.24, 2.45) is 0 Å². The first-order chi connectivity index (χ1) is 7.34. The van der Waals surface area contributed by atoms with Gasteiger partial charge in [0.1, 0.15) is 8.24 Å². The van der Waals surface area contributed by atoms with E-state index in [1.807, 2.05) is 0 Å². The molecule has 0 aromatic rings. The molecule has 0 aromatic carbocycles. The van der Waals surface area contributed by atoms with Crippen LogP contribution in [-0.4, -0.2) is 46.1 Å². The van der Waals surface area contributed by atoms with Crippen molar-refractivity contribution in [3.05, 3.63) is 0 Å². The summed E-state index contributed by atoms with van der Waals surface area (Å²) in [7, 11) is -3.48. The summed E-state index contributed by atoms with van der Waals surface area (Å²) in [5, 5.41) is 0. The lowest BCUT2D eigenvalue weighted by Crippen LogP contribution is -2.67. The Kier molecular flexibility index (Phi) is 5.00. The molecule has 0 fully saturated rings. The number of ether oxygens (including phenoxy) is 1. The first kappa shape index (κ1) is 16.7. The molecule has 0 aliphatic heterocycles. The van der Waals surface area contributed by atoms with E-state index >= 15 is 0 Å². The van der Waals surface area contributed by atoms with Crippen LogP contribution in [0.5, 0.6) is 0 Å². The minimum absolute atomic E-state index is 0.207. The molecule has 0 heterocycles. The average molecular weight is 287 g/mol. The number of alkyl halides is 3. The van der Waals surface area contributed by atoms with Gasteiger partial charge in [-0.1, -0.05) is 32.7 Å². The number of methoxy groups -OCH3 is 1. The minimum Gasteiger partial charge on any atom is -0.386 e. The molecular formula is C9H20F3NO2Si2. The van der Waals surface area contributed by atoms with Crippen LogP contribution < -0.4 is 0 Å². The Labute approximate surface area is 102 Å². The smallest absolute Gasteiger partial charge is 0.386 e. The number of halogens is 3. The maximum atomic E-state index is 12.6. The number of carbonyl (C=O) groups is 1. The zero-order valence-corrected chi connectivity index (χ0v) is 13.1. The lowest BCUT2D eigenvalue weighted by Gasteiger charge is -2.45. The molecule has 0 saturated heterocycles. The van der Waals surface area contributed by atoms with E-state index in [0.717, 1.165) is 4.23 Å². The molecule has 0 N–H and O–H groups in total. The molecule has 0 saturated carbocycles. The highest BCUT2D eigenvalue weighted by Gasteiger charge is 2.51. The Morgan fingerprint density at radius 1 is 1.18 bits per heavy atom. The highest BCUT2D eigenvalue weighted by Crippen LogP contribution is 2.27. The van der Waals surface area contributed by atoms with Crippen molar-refractivity contribution < 1.29 is 22.7 Å². The maximum Gasteiger partial charge on any atom is 0.469 e. The van der Waals surface area contributed by atoms with Crippen LogP contribution in [0.1, 0.15) is 0 Å². The number of rotatable bonds is 4. The van der Waals surface area contributed by atoms with Crippen molar-refractivity contribution in [3.8, 4) is 0 Å². The van der Waals surface area contributed by atoms with Crippen LogP contribution in [0.3, 0.4) is 0 Å². The monoisotopic (exact) mass is 287 g/mol. The highest BCUT2D eigenvalue weighted by atomic mass is 28.4. The second-order valence-electron chi connectivity index (χ2n) is 5.55. The van der Waals surface area contributed by atoms with Crippen molar-refractivity contribution in [1.29, 1.82) is 0 Å². The number of hydrogen-bond acceptors (Lipinski definition) is 2. The standard InChI is InChI=1S/C9H20F3NO2Si2/c1-15-7-17(5,6)13(16(2,3)4)8(14)9(10,11)12/h7H2,1-6H3. The topological polar surface area (TPSA) is 29.5 Å². The Hall–Kier alpha value is -0.346. The van der Waals surface area contributed by atoms with Gasteiger partial charge in [0, 0.05) is 7.11 Å². The number of hydrogen-bond donors (Lipinski definition) is 0. The van der Waals surface area contributed by atoms with Crippen molar-refractivity contribution in [3.63, 3.8) is 0 Å². The van der Waals surface area contributed by atoms with Gasteiger partial charge < -0.3 is 8.97 Å². The Balaban J connectivity index is 5.39. The van der Waals surface area contributed by atoms with Crippen LogP contribution in [0.4, 0.5) is 13.2 Å². The second-order valence-corrected chi connectivity index (χ2v) is 15.2. The maximum absolute atomic E-state index is 12.6. The molecule has 0 radical (unpaired) electrons. The molecule has 0 atom stereocenters. The Morgan fingerprint density at radius 2 is 1.59 bits per heavy atom. The van der Waals surface area contributed by atoms with Gasteiger partial charge in [-0.2, -0.15) is 13.2 Å². The lowest BCUT2D eigenvalue weighted by atomic mass is 10.6. The highest BCUT2D eigenvalue weighted by molar-refractivity contribution is 6.93. The van der Waals surface area contributed by atoms with Crippen molar-refractivity contribution in [2.45, 2.75) is 38.9 Å². The van der Waals surface area contributed by atoms with E-state index < -0.39 is 28.6 Å². The average Bonchev–Trinajstić information content (AvgIpc) is 1.97. The molecule has 0 unspecified atom stereocenters. The molecule has 3 nitrogen and oxygen atoms in total. The molecule has 0 aromatic heterocycles. The Morgan fingerprint density at radius 3 is 1.82 bits per heavy atom. The SMILES string of the molecule is COC[Si](C)(C)N(C(=O)C(F)(F)F)[Si](C)(C)C. The van der Waals surface area contributed by atoms with E-state index in [1.165, 1.54) is 7.11 Å². The molecule has 0 aliphatic rings. The summed E-state index contributed by atoms with van der Waals surface area (Å²) in [6.45, 7) is 8.65. The van der Waals surface area contributed by atoms with Gasteiger partial charge in [0.25, 0.3) is 0 Å². The fourth-order valence-corrected chi connectivity index (χ4v) is 11.7. The van der Waals surface area contributed by atoms with Gasteiger partial charge in [-0.15, -0.1) is 0 Å². The van der Waals surface area contributed by atoms with Crippen molar-refractivity contribution >= 4 is 22.4 Å².